The summed E-state index contributed by atoms with van der Waals surface area (Å²) < 4.78 is 24.5. The smallest absolute Gasteiger partial charge is 0.349 e. The molecule has 2 atom stereocenters. The molecule has 1 aliphatic rings. The summed E-state index contributed by atoms with van der Waals surface area (Å²) >= 11 is 0. The van der Waals surface area contributed by atoms with Gasteiger partial charge >= 0.3 is 5.69 Å². The maximum absolute atomic E-state index is 12.1. The molecule has 1 saturated heterocycles. The lowest BCUT2D eigenvalue weighted by Gasteiger charge is -2.16. The predicted molar refractivity (Wildman–Crippen MR) is 71.4 cm³/mol. The molecule has 1 aromatic rings. The number of ether oxygens (including phenoxy) is 1. The quantitative estimate of drug-likeness (QED) is 0.829. The third-order valence-electron chi connectivity index (χ3n) is 3.05. The maximum Gasteiger partial charge on any atom is 0.349 e. The number of rotatable bonds is 3. The summed E-state index contributed by atoms with van der Waals surface area (Å²) in [5.41, 5.74) is 5.02. The van der Waals surface area contributed by atoms with E-state index in [-0.39, 0.29) is 18.3 Å². The van der Waals surface area contributed by atoms with E-state index < -0.39 is 13.1 Å². The van der Waals surface area contributed by atoms with Gasteiger partial charge in [0.05, 0.1) is 19.3 Å². The number of nitrogen functional groups attached to an aromatic ring is 1. The van der Waals surface area contributed by atoms with Gasteiger partial charge in [-0.2, -0.15) is 4.98 Å². The highest BCUT2D eigenvalue weighted by atomic mass is 31.2. The van der Waals surface area contributed by atoms with E-state index in [0.717, 1.165) is 0 Å². The van der Waals surface area contributed by atoms with Crippen LogP contribution in [-0.4, -0.2) is 34.8 Å². The monoisotopic (exact) mass is 287 g/mol. The van der Waals surface area contributed by atoms with Crippen LogP contribution in [0, 0.1) is 0 Å². The number of anilines is 1. The van der Waals surface area contributed by atoms with Gasteiger partial charge in [-0.1, -0.05) is 6.92 Å². The summed E-state index contributed by atoms with van der Waals surface area (Å²) in [5.74, 6) is 0.196. The van der Waals surface area contributed by atoms with Crippen molar-refractivity contribution in [3.63, 3.8) is 0 Å². The molecule has 0 radical (unpaired) electrons. The van der Waals surface area contributed by atoms with E-state index in [9.17, 15) is 9.36 Å². The highest BCUT2D eigenvalue weighted by Gasteiger charge is 2.27. The minimum atomic E-state index is -2.64. The summed E-state index contributed by atoms with van der Waals surface area (Å²) in [6.07, 6.45) is 2.54. The lowest BCUT2D eigenvalue weighted by atomic mass is 10.2. The third kappa shape index (κ3) is 3.65. The highest BCUT2D eigenvalue weighted by Crippen LogP contribution is 2.48. The molecule has 1 aliphatic heterocycles. The van der Waals surface area contributed by atoms with E-state index in [0.29, 0.717) is 25.7 Å². The van der Waals surface area contributed by atoms with Gasteiger partial charge in [0, 0.05) is 12.4 Å². The van der Waals surface area contributed by atoms with Gasteiger partial charge in [0.2, 0.25) is 7.37 Å². The van der Waals surface area contributed by atoms with Crippen LogP contribution in [0.15, 0.2) is 17.1 Å². The van der Waals surface area contributed by atoms with Crippen molar-refractivity contribution in [2.24, 2.45) is 0 Å². The Morgan fingerprint density at radius 2 is 2.42 bits per heavy atom. The minimum Gasteiger partial charge on any atom is -0.383 e. The van der Waals surface area contributed by atoms with E-state index in [1.54, 1.807) is 12.3 Å². The van der Waals surface area contributed by atoms with Gasteiger partial charge in [-0.3, -0.25) is 9.13 Å². The molecule has 0 amide bonds. The highest BCUT2D eigenvalue weighted by molar-refractivity contribution is 7.58. The van der Waals surface area contributed by atoms with Gasteiger partial charge < -0.3 is 15.0 Å². The normalized spacial score (nSPS) is 27.9. The Bertz CT molecular complexity index is 545. The fourth-order valence-corrected chi connectivity index (χ4v) is 3.13. The third-order valence-corrected chi connectivity index (χ3v) is 5.21. The zero-order valence-corrected chi connectivity index (χ0v) is 11.7. The van der Waals surface area contributed by atoms with Gasteiger partial charge in [-0.25, -0.2) is 4.79 Å². The molecule has 7 nitrogen and oxygen atoms in total. The summed E-state index contributed by atoms with van der Waals surface area (Å²) in [4.78, 5) is 15.3. The molecular formula is C11H18N3O4P. The van der Waals surface area contributed by atoms with E-state index in [2.05, 4.69) is 4.98 Å². The van der Waals surface area contributed by atoms with Crippen LogP contribution in [0.2, 0.25) is 0 Å². The minimum absolute atomic E-state index is 0.102. The average molecular weight is 287 g/mol. The molecule has 106 valence electrons. The SMILES string of the molecule is CCP1(=O)COC(Cn2ccc(N)nc2=O)CCO1. The topological polar surface area (TPSA) is 96.4 Å². The average Bonchev–Trinajstić information content (AvgIpc) is 2.56. The molecule has 1 fully saturated rings. The van der Waals surface area contributed by atoms with Crippen molar-refractivity contribution >= 4 is 13.2 Å². The lowest BCUT2D eigenvalue weighted by Crippen LogP contribution is -2.30. The second kappa shape index (κ2) is 5.86. The molecule has 2 heterocycles. The molecule has 8 heteroatoms. The lowest BCUT2D eigenvalue weighted by molar-refractivity contribution is 0.0684. The number of hydrogen-bond acceptors (Lipinski definition) is 6. The Kier molecular flexibility index (Phi) is 4.39. The molecule has 2 N–H and O–H groups in total. The van der Waals surface area contributed by atoms with Gasteiger partial charge in [-0.05, 0) is 12.5 Å². The van der Waals surface area contributed by atoms with E-state index in [4.69, 9.17) is 15.0 Å². The van der Waals surface area contributed by atoms with Crippen LogP contribution in [0.25, 0.3) is 0 Å². The Morgan fingerprint density at radius 3 is 3.11 bits per heavy atom. The van der Waals surface area contributed by atoms with Gasteiger partial charge in [0.15, 0.2) is 0 Å². The summed E-state index contributed by atoms with van der Waals surface area (Å²) in [5, 5.41) is 0. The summed E-state index contributed by atoms with van der Waals surface area (Å²) in [6, 6.07) is 1.56. The predicted octanol–water partition coefficient (Wildman–Crippen LogP) is 0.886. The fraction of sp³-hybridized carbons (Fsp3) is 0.636. The van der Waals surface area contributed by atoms with Crippen molar-refractivity contribution in [1.29, 1.82) is 0 Å². The zero-order valence-electron chi connectivity index (χ0n) is 10.8. The van der Waals surface area contributed by atoms with Crippen molar-refractivity contribution in [2.45, 2.75) is 26.0 Å². The summed E-state index contributed by atoms with van der Waals surface area (Å²) in [6.45, 7) is 2.56. The fourth-order valence-electron chi connectivity index (χ4n) is 1.82. The molecular weight excluding hydrogens is 269 g/mol. The molecule has 1 aromatic heterocycles. The van der Waals surface area contributed by atoms with Crippen LogP contribution in [-0.2, 0) is 20.4 Å². The van der Waals surface area contributed by atoms with Crippen LogP contribution in [0.1, 0.15) is 13.3 Å². The number of aromatic nitrogens is 2. The second-order valence-corrected chi connectivity index (χ2v) is 7.24. The zero-order chi connectivity index (χ0) is 13.9. The number of nitrogens with two attached hydrogens (primary N) is 1. The van der Waals surface area contributed by atoms with E-state index in [1.165, 1.54) is 4.57 Å². The Morgan fingerprint density at radius 1 is 1.63 bits per heavy atom. The van der Waals surface area contributed by atoms with Crippen molar-refractivity contribution in [1.82, 2.24) is 9.55 Å². The first-order valence-corrected chi connectivity index (χ1v) is 8.19. The largest absolute Gasteiger partial charge is 0.383 e. The van der Waals surface area contributed by atoms with E-state index >= 15 is 0 Å². The van der Waals surface area contributed by atoms with Crippen LogP contribution < -0.4 is 11.4 Å². The molecule has 2 unspecified atom stereocenters. The van der Waals surface area contributed by atoms with Crippen molar-refractivity contribution < 1.29 is 13.8 Å². The standard InChI is InChI=1S/C11H18N3O4P/c1-2-19(16)8-17-9(4-6-18-19)7-14-5-3-10(12)13-11(14)15/h3,5,9H,2,4,6-8H2,1H3,(H2,12,13,15). The Hall–Kier alpha value is -1.17. The molecule has 0 saturated carbocycles. The van der Waals surface area contributed by atoms with Gasteiger partial charge in [0.25, 0.3) is 0 Å². The van der Waals surface area contributed by atoms with E-state index in [1.807, 2.05) is 6.92 Å². The van der Waals surface area contributed by atoms with Crippen molar-refractivity contribution in [3.8, 4) is 0 Å². The first-order chi connectivity index (χ1) is 9.02. The molecule has 0 spiro atoms. The number of nitrogens with zero attached hydrogens (tertiary/aromatic N) is 2. The van der Waals surface area contributed by atoms with Crippen molar-refractivity contribution in [3.05, 3.63) is 22.7 Å². The Labute approximate surface area is 111 Å². The molecule has 0 aliphatic carbocycles. The van der Waals surface area contributed by atoms with Crippen molar-refractivity contribution in [2.75, 3.05) is 24.9 Å². The van der Waals surface area contributed by atoms with Crippen LogP contribution >= 0.6 is 7.37 Å². The van der Waals surface area contributed by atoms with Crippen LogP contribution in [0.4, 0.5) is 5.82 Å². The van der Waals surface area contributed by atoms with Crippen LogP contribution in [0.3, 0.4) is 0 Å². The van der Waals surface area contributed by atoms with Gasteiger partial charge in [-0.15, -0.1) is 0 Å². The molecule has 0 aromatic carbocycles. The van der Waals surface area contributed by atoms with Gasteiger partial charge in [0.1, 0.15) is 12.2 Å². The molecule has 19 heavy (non-hydrogen) atoms. The summed E-state index contributed by atoms with van der Waals surface area (Å²) in [7, 11) is -2.64. The second-order valence-electron chi connectivity index (χ2n) is 4.46. The first kappa shape index (κ1) is 14.2. The molecule has 0 bridgehead atoms. The molecule has 2 rings (SSSR count). The number of hydrogen-bond donors (Lipinski definition) is 1. The van der Waals surface area contributed by atoms with Crippen LogP contribution in [0.5, 0.6) is 0 Å². The first-order valence-electron chi connectivity index (χ1n) is 6.19. The Balaban J connectivity index is 2.04. The maximum atomic E-state index is 12.1.